The van der Waals surface area contributed by atoms with E-state index >= 15 is 0 Å². The van der Waals surface area contributed by atoms with Crippen molar-refractivity contribution < 1.29 is 4.74 Å². The molecule has 2 nitrogen and oxygen atoms in total. The smallest absolute Gasteiger partial charge is 0.0470 e. The van der Waals surface area contributed by atoms with Crippen LogP contribution in [-0.2, 0) is 4.74 Å². The highest BCUT2D eigenvalue weighted by atomic mass is 32.2. The molecule has 56 valence electrons. The van der Waals surface area contributed by atoms with Gasteiger partial charge in [-0.15, -0.1) is 0 Å². The Balaban J connectivity index is 2.60. The van der Waals surface area contributed by atoms with E-state index in [1.807, 2.05) is 11.8 Å². The van der Waals surface area contributed by atoms with Crippen molar-refractivity contribution in [1.29, 1.82) is 0 Å². The van der Waals surface area contributed by atoms with Gasteiger partial charge in [-0.3, -0.25) is 0 Å². The molecule has 0 radical (unpaired) electrons. The van der Waals surface area contributed by atoms with Crippen molar-refractivity contribution in [1.82, 2.24) is 0 Å². The fraction of sp³-hybridized carbons (Fsp3) is 1.00. The summed E-state index contributed by atoms with van der Waals surface area (Å²) >= 11 is 1.89. The normalized spacial score (nSPS) is 10.0. The van der Waals surface area contributed by atoms with Gasteiger partial charge in [-0.1, -0.05) is 0 Å². The topological polar surface area (TPSA) is 35.2 Å². The second-order valence-corrected chi connectivity index (χ2v) is 2.97. The van der Waals surface area contributed by atoms with Crippen LogP contribution in [0.3, 0.4) is 0 Å². The molecule has 0 aliphatic rings. The number of thioether (sulfide) groups is 1. The molecule has 2 N–H and O–H groups in total. The third-order valence-electron chi connectivity index (χ3n) is 0.899. The van der Waals surface area contributed by atoms with Gasteiger partial charge in [0.1, 0.15) is 0 Å². The number of methoxy groups -OCH3 is 1. The van der Waals surface area contributed by atoms with Crippen LogP contribution in [0, 0.1) is 0 Å². The number of hydrogen-bond acceptors (Lipinski definition) is 3. The Hall–Kier alpha value is 0.270. The van der Waals surface area contributed by atoms with Crippen LogP contribution in [0.25, 0.3) is 0 Å². The summed E-state index contributed by atoms with van der Waals surface area (Å²) in [5.74, 6) is 2.24. The molecule has 0 heterocycles. The van der Waals surface area contributed by atoms with Gasteiger partial charge in [0.2, 0.25) is 0 Å². The first-order chi connectivity index (χ1) is 4.41. The summed E-state index contributed by atoms with van der Waals surface area (Å²) in [6, 6.07) is 0. The Morgan fingerprint density at radius 2 is 2.22 bits per heavy atom. The van der Waals surface area contributed by atoms with Gasteiger partial charge in [-0.05, 0) is 12.2 Å². The highest BCUT2D eigenvalue weighted by molar-refractivity contribution is 7.99. The van der Waals surface area contributed by atoms with Gasteiger partial charge >= 0.3 is 0 Å². The zero-order valence-electron chi connectivity index (χ0n) is 5.93. The third-order valence-corrected chi connectivity index (χ3v) is 2.00. The summed E-state index contributed by atoms with van der Waals surface area (Å²) in [5, 5.41) is 0. The molecule has 0 saturated carbocycles. The molecular formula is C6H15NOS. The zero-order valence-corrected chi connectivity index (χ0v) is 6.75. The molecular weight excluding hydrogens is 134 g/mol. The maximum atomic E-state index is 5.29. The molecule has 0 bridgehead atoms. The molecule has 0 fully saturated rings. The lowest BCUT2D eigenvalue weighted by atomic mass is 10.5. The molecule has 0 atom stereocenters. The molecule has 0 rings (SSSR count). The predicted octanol–water partition coefficient (Wildman–Crippen LogP) is 0.715. The van der Waals surface area contributed by atoms with Gasteiger partial charge in [0.05, 0.1) is 0 Å². The van der Waals surface area contributed by atoms with Crippen molar-refractivity contribution in [3.63, 3.8) is 0 Å². The largest absolute Gasteiger partial charge is 0.385 e. The van der Waals surface area contributed by atoms with Crippen LogP contribution >= 0.6 is 11.8 Å². The standard InChI is InChI=1S/C6H15NOS/c1-8-4-2-5-9-6-3-7/h2-7H2,1H3. The summed E-state index contributed by atoms with van der Waals surface area (Å²) in [5.41, 5.74) is 5.29. The maximum Gasteiger partial charge on any atom is 0.0470 e. The fourth-order valence-corrected chi connectivity index (χ4v) is 1.18. The van der Waals surface area contributed by atoms with E-state index in [1.165, 1.54) is 5.75 Å². The molecule has 0 aliphatic carbocycles. The van der Waals surface area contributed by atoms with Crippen molar-refractivity contribution in [2.75, 3.05) is 31.8 Å². The average molecular weight is 149 g/mol. The second kappa shape index (κ2) is 8.27. The van der Waals surface area contributed by atoms with E-state index < -0.39 is 0 Å². The van der Waals surface area contributed by atoms with Crippen molar-refractivity contribution in [2.24, 2.45) is 5.73 Å². The molecule has 0 aliphatic heterocycles. The van der Waals surface area contributed by atoms with E-state index in [0.29, 0.717) is 0 Å². The first kappa shape index (κ1) is 9.27. The first-order valence-electron chi connectivity index (χ1n) is 3.18. The lowest BCUT2D eigenvalue weighted by Crippen LogP contribution is -2.02. The molecule has 0 aromatic heterocycles. The number of nitrogens with two attached hydrogens (primary N) is 1. The summed E-state index contributed by atoms with van der Waals surface area (Å²) in [6.07, 6.45) is 1.14. The third kappa shape index (κ3) is 8.27. The first-order valence-corrected chi connectivity index (χ1v) is 4.34. The predicted molar refractivity (Wildman–Crippen MR) is 42.9 cm³/mol. The van der Waals surface area contributed by atoms with Crippen LogP contribution in [0.1, 0.15) is 6.42 Å². The molecule has 0 saturated heterocycles. The Morgan fingerprint density at radius 1 is 1.44 bits per heavy atom. The Labute approximate surface area is 61.1 Å². The minimum Gasteiger partial charge on any atom is -0.385 e. The van der Waals surface area contributed by atoms with E-state index in [4.69, 9.17) is 10.5 Å². The average Bonchev–Trinajstić information content (AvgIpc) is 1.89. The highest BCUT2D eigenvalue weighted by Gasteiger charge is 1.85. The zero-order chi connectivity index (χ0) is 6.95. The number of rotatable bonds is 6. The monoisotopic (exact) mass is 149 g/mol. The molecule has 3 heteroatoms. The van der Waals surface area contributed by atoms with Gasteiger partial charge in [0, 0.05) is 26.0 Å². The maximum absolute atomic E-state index is 5.29. The van der Waals surface area contributed by atoms with Crippen molar-refractivity contribution in [3.8, 4) is 0 Å². The van der Waals surface area contributed by atoms with Crippen LogP contribution in [0.2, 0.25) is 0 Å². The summed E-state index contributed by atoms with van der Waals surface area (Å²) in [7, 11) is 1.73. The molecule has 0 unspecified atom stereocenters. The van der Waals surface area contributed by atoms with Gasteiger partial charge in [0.25, 0.3) is 0 Å². The molecule has 0 amide bonds. The van der Waals surface area contributed by atoms with Crippen LogP contribution in [0.5, 0.6) is 0 Å². The summed E-state index contributed by atoms with van der Waals surface area (Å²) in [4.78, 5) is 0. The van der Waals surface area contributed by atoms with Gasteiger partial charge in [-0.2, -0.15) is 11.8 Å². The summed E-state index contributed by atoms with van der Waals surface area (Å²) < 4.78 is 4.88. The van der Waals surface area contributed by atoms with Gasteiger partial charge < -0.3 is 10.5 Å². The minimum atomic E-state index is 0.789. The lowest BCUT2D eigenvalue weighted by Gasteiger charge is -1.97. The van der Waals surface area contributed by atoms with Crippen LogP contribution in [-0.4, -0.2) is 31.8 Å². The lowest BCUT2D eigenvalue weighted by molar-refractivity contribution is 0.200. The van der Waals surface area contributed by atoms with E-state index in [1.54, 1.807) is 7.11 Å². The fourth-order valence-electron chi connectivity index (χ4n) is 0.491. The Kier molecular flexibility index (Phi) is 8.52. The van der Waals surface area contributed by atoms with Gasteiger partial charge in [-0.25, -0.2) is 0 Å². The Morgan fingerprint density at radius 3 is 2.78 bits per heavy atom. The molecule has 0 aromatic rings. The number of hydrogen-bond donors (Lipinski definition) is 1. The van der Waals surface area contributed by atoms with Crippen molar-refractivity contribution in [3.05, 3.63) is 0 Å². The quantitative estimate of drug-likeness (QED) is 0.565. The molecule has 9 heavy (non-hydrogen) atoms. The molecule has 0 aromatic carbocycles. The van der Waals surface area contributed by atoms with E-state index in [9.17, 15) is 0 Å². The molecule has 0 spiro atoms. The summed E-state index contributed by atoms with van der Waals surface area (Å²) in [6.45, 7) is 1.66. The van der Waals surface area contributed by atoms with Gasteiger partial charge in [0.15, 0.2) is 0 Å². The number of ether oxygens (including phenoxy) is 1. The SMILES string of the molecule is COCCCSCCN. The van der Waals surface area contributed by atoms with Crippen molar-refractivity contribution in [2.45, 2.75) is 6.42 Å². The van der Waals surface area contributed by atoms with Crippen LogP contribution in [0.15, 0.2) is 0 Å². The van der Waals surface area contributed by atoms with E-state index in [2.05, 4.69) is 0 Å². The Bertz CT molecular complexity index is 46.3. The van der Waals surface area contributed by atoms with E-state index in [-0.39, 0.29) is 0 Å². The van der Waals surface area contributed by atoms with Crippen LogP contribution < -0.4 is 5.73 Å². The highest BCUT2D eigenvalue weighted by Crippen LogP contribution is 1.99. The van der Waals surface area contributed by atoms with Crippen LogP contribution in [0.4, 0.5) is 0 Å². The van der Waals surface area contributed by atoms with Crippen molar-refractivity contribution >= 4 is 11.8 Å². The second-order valence-electron chi connectivity index (χ2n) is 1.75. The van der Waals surface area contributed by atoms with E-state index in [0.717, 1.165) is 25.3 Å². The minimum absolute atomic E-state index is 0.789.